The highest BCUT2D eigenvalue weighted by Gasteiger charge is 2.20. The molecule has 0 bridgehead atoms. The van der Waals surface area contributed by atoms with Crippen molar-refractivity contribution in [2.45, 2.75) is 20.0 Å². The summed E-state index contributed by atoms with van der Waals surface area (Å²) >= 11 is 0. The van der Waals surface area contributed by atoms with E-state index in [9.17, 15) is 13.6 Å². The number of aryl methyl sites for hydroxylation is 2. The molecule has 1 amide bonds. The molecule has 0 atom stereocenters. The SMILES string of the molecule is CCc1cc2c(OC(=O)Nc3c(C#N)cnn3C)cnc(OC(F)F)c2o1. The number of halogens is 2. The average molecular weight is 377 g/mol. The van der Waals surface area contributed by atoms with Crippen LogP contribution in [0, 0.1) is 11.3 Å². The van der Waals surface area contributed by atoms with E-state index in [-0.39, 0.29) is 28.1 Å². The molecule has 0 unspecified atom stereocenters. The number of carbonyl (C=O) groups is 1. The third kappa shape index (κ3) is 3.64. The number of nitrogens with zero attached hydrogens (tertiary/aromatic N) is 4. The maximum Gasteiger partial charge on any atom is 0.418 e. The molecule has 140 valence electrons. The number of pyridine rings is 1. The molecule has 0 fully saturated rings. The molecule has 0 radical (unpaired) electrons. The lowest BCUT2D eigenvalue weighted by Gasteiger charge is -2.09. The molecular formula is C16H13F2N5O4. The number of hydrogen-bond acceptors (Lipinski definition) is 7. The number of amides is 1. The summed E-state index contributed by atoms with van der Waals surface area (Å²) in [4.78, 5) is 15.9. The number of carbonyl (C=O) groups excluding carboxylic acids is 1. The largest absolute Gasteiger partial charge is 0.455 e. The van der Waals surface area contributed by atoms with Gasteiger partial charge in [0.15, 0.2) is 17.2 Å². The summed E-state index contributed by atoms with van der Waals surface area (Å²) in [6.45, 7) is -1.28. The molecule has 0 aliphatic rings. The van der Waals surface area contributed by atoms with E-state index in [1.807, 2.05) is 6.07 Å². The van der Waals surface area contributed by atoms with Crippen molar-refractivity contribution in [1.29, 1.82) is 5.26 Å². The molecule has 3 aromatic heterocycles. The summed E-state index contributed by atoms with van der Waals surface area (Å²) in [6.07, 6.45) is 1.92. The minimum absolute atomic E-state index is 0.0201. The predicted octanol–water partition coefficient (Wildman–Crippen LogP) is 3.21. The molecule has 3 aromatic rings. The first kappa shape index (κ1) is 18.1. The topological polar surface area (TPSA) is 115 Å². The van der Waals surface area contributed by atoms with Crippen molar-refractivity contribution < 1.29 is 27.5 Å². The second-order valence-electron chi connectivity index (χ2n) is 5.27. The molecule has 0 saturated heterocycles. The Kier molecular flexibility index (Phi) is 4.89. The minimum atomic E-state index is -3.08. The second kappa shape index (κ2) is 7.28. The summed E-state index contributed by atoms with van der Waals surface area (Å²) in [5.41, 5.74) is 0.0886. The Balaban J connectivity index is 1.90. The van der Waals surface area contributed by atoms with E-state index >= 15 is 0 Å². The molecule has 0 aliphatic carbocycles. The highest BCUT2D eigenvalue weighted by atomic mass is 19.3. The highest BCUT2D eigenvalue weighted by molar-refractivity contribution is 5.93. The van der Waals surface area contributed by atoms with Gasteiger partial charge in [-0.2, -0.15) is 19.1 Å². The molecule has 11 heteroatoms. The van der Waals surface area contributed by atoms with E-state index in [2.05, 4.69) is 20.1 Å². The fourth-order valence-corrected chi connectivity index (χ4v) is 2.34. The lowest BCUT2D eigenvalue weighted by atomic mass is 10.2. The van der Waals surface area contributed by atoms with Gasteiger partial charge in [0.1, 0.15) is 17.4 Å². The quantitative estimate of drug-likeness (QED) is 0.726. The van der Waals surface area contributed by atoms with Crippen LogP contribution in [0.4, 0.5) is 19.4 Å². The third-order valence-corrected chi connectivity index (χ3v) is 3.57. The Morgan fingerprint density at radius 3 is 2.93 bits per heavy atom. The van der Waals surface area contributed by atoms with Gasteiger partial charge >= 0.3 is 12.7 Å². The fourth-order valence-electron chi connectivity index (χ4n) is 2.34. The number of furan rings is 1. The number of alkyl halides is 2. The monoisotopic (exact) mass is 377 g/mol. The Morgan fingerprint density at radius 2 is 2.26 bits per heavy atom. The van der Waals surface area contributed by atoms with Crippen LogP contribution in [0.25, 0.3) is 11.0 Å². The van der Waals surface area contributed by atoms with Crippen molar-refractivity contribution >= 4 is 22.9 Å². The van der Waals surface area contributed by atoms with Gasteiger partial charge < -0.3 is 13.9 Å². The van der Waals surface area contributed by atoms with Crippen LogP contribution in [-0.2, 0) is 13.5 Å². The smallest absolute Gasteiger partial charge is 0.418 e. The highest BCUT2D eigenvalue weighted by Crippen LogP contribution is 2.35. The summed E-state index contributed by atoms with van der Waals surface area (Å²) in [5.74, 6) is 0.186. The zero-order valence-electron chi connectivity index (χ0n) is 14.2. The predicted molar refractivity (Wildman–Crippen MR) is 87.6 cm³/mol. The number of nitriles is 1. The number of rotatable bonds is 5. The maximum absolute atomic E-state index is 12.5. The summed E-state index contributed by atoms with van der Waals surface area (Å²) in [5, 5.41) is 15.5. The van der Waals surface area contributed by atoms with E-state index in [1.54, 1.807) is 13.0 Å². The van der Waals surface area contributed by atoms with E-state index in [0.29, 0.717) is 12.2 Å². The first-order valence-corrected chi connectivity index (χ1v) is 7.70. The Morgan fingerprint density at radius 1 is 1.48 bits per heavy atom. The number of hydrogen-bond donors (Lipinski definition) is 1. The first-order chi connectivity index (χ1) is 12.9. The van der Waals surface area contributed by atoms with Crippen molar-refractivity contribution in [3.8, 4) is 17.7 Å². The number of aromatic nitrogens is 3. The number of ether oxygens (including phenoxy) is 2. The van der Waals surface area contributed by atoms with Crippen LogP contribution < -0.4 is 14.8 Å². The maximum atomic E-state index is 12.5. The number of nitrogens with one attached hydrogen (secondary N) is 1. The van der Waals surface area contributed by atoms with Crippen molar-refractivity contribution in [3.05, 3.63) is 29.8 Å². The Hall–Kier alpha value is -3.68. The molecule has 3 rings (SSSR count). The molecule has 0 saturated carbocycles. The molecule has 0 spiro atoms. The normalized spacial score (nSPS) is 10.8. The molecule has 27 heavy (non-hydrogen) atoms. The number of anilines is 1. The van der Waals surface area contributed by atoms with Gasteiger partial charge in [0.2, 0.25) is 0 Å². The molecule has 0 aromatic carbocycles. The molecule has 1 N–H and O–H groups in total. The van der Waals surface area contributed by atoms with Crippen molar-refractivity contribution in [2.24, 2.45) is 7.05 Å². The van der Waals surface area contributed by atoms with Crippen LogP contribution in [0.2, 0.25) is 0 Å². The van der Waals surface area contributed by atoms with Crippen LogP contribution in [0.15, 0.2) is 22.9 Å². The Bertz CT molecular complexity index is 1040. The van der Waals surface area contributed by atoms with Crippen LogP contribution in [0.5, 0.6) is 11.6 Å². The van der Waals surface area contributed by atoms with Crippen LogP contribution >= 0.6 is 0 Å². The first-order valence-electron chi connectivity index (χ1n) is 7.70. The van der Waals surface area contributed by atoms with Crippen LogP contribution in [0.3, 0.4) is 0 Å². The van der Waals surface area contributed by atoms with Crippen LogP contribution in [0.1, 0.15) is 18.2 Å². The summed E-state index contributed by atoms with van der Waals surface area (Å²) < 4.78 is 41.3. The average Bonchev–Trinajstić information content (AvgIpc) is 3.21. The van der Waals surface area contributed by atoms with Gasteiger partial charge in [0, 0.05) is 13.5 Å². The van der Waals surface area contributed by atoms with Crippen LogP contribution in [-0.4, -0.2) is 27.5 Å². The van der Waals surface area contributed by atoms with Gasteiger partial charge in [-0.25, -0.2) is 9.78 Å². The summed E-state index contributed by atoms with van der Waals surface area (Å²) in [7, 11) is 1.54. The van der Waals surface area contributed by atoms with Gasteiger partial charge in [-0.3, -0.25) is 10.00 Å². The van der Waals surface area contributed by atoms with E-state index < -0.39 is 18.6 Å². The van der Waals surface area contributed by atoms with Crippen molar-refractivity contribution in [2.75, 3.05) is 5.32 Å². The van der Waals surface area contributed by atoms with Gasteiger partial charge in [0.25, 0.3) is 5.88 Å². The zero-order chi connectivity index (χ0) is 19.6. The van der Waals surface area contributed by atoms with E-state index in [1.165, 1.54) is 17.9 Å². The molecule has 0 aliphatic heterocycles. The lowest BCUT2D eigenvalue weighted by Crippen LogP contribution is -2.19. The molecule has 3 heterocycles. The third-order valence-electron chi connectivity index (χ3n) is 3.57. The van der Waals surface area contributed by atoms with E-state index in [4.69, 9.17) is 14.4 Å². The number of fused-ring (bicyclic) bond motifs is 1. The van der Waals surface area contributed by atoms with Gasteiger partial charge in [0.05, 0.1) is 17.8 Å². The summed E-state index contributed by atoms with van der Waals surface area (Å²) in [6, 6.07) is 3.43. The van der Waals surface area contributed by atoms with Gasteiger partial charge in [-0.05, 0) is 6.07 Å². The second-order valence-corrected chi connectivity index (χ2v) is 5.27. The van der Waals surface area contributed by atoms with E-state index in [0.717, 1.165) is 6.20 Å². The fraction of sp³-hybridized carbons (Fsp3) is 0.250. The van der Waals surface area contributed by atoms with Gasteiger partial charge in [-0.15, -0.1) is 0 Å². The van der Waals surface area contributed by atoms with Crippen molar-refractivity contribution in [1.82, 2.24) is 14.8 Å². The van der Waals surface area contributed by atoms with Gasteiger partial charge in [-0.1, -0.05) is 6.92 Å². The minimum Gasteiger partial charge on any atom is -0.455 e. The zero-order valence-corrected chi connectivity index (χ0v) is 14.2. The molecular weight excluding hydrogens is 364 g/mol. The van der Waals surface area contributed by atoms with Crippen molar-refractivity contribution in [3.63, 3.8) is 0 Å². The Labute approximate surface area is 151 Å². The lowest BCUT2D eigenvalue weighted by molar-refractivity contribution is -0.0524. The standard InChI is InChI=1S/C16H13F2N5O4/c1-3-9-4-10-11(7-20-14(12(10)25-9)27-15(17)18)26-16(24)22-13-8(5-19)6-21-23(13)2/h4,6-7,15H,3H2,1-2H3,(H,22,24). The molecule has 9 nitrogen and oxygen atoms in total.